The van der Waals surface area contributed by atoms with E-state index in [1.54, 1.807) is 11.3 Å². The summed E-state index contributed by atoms with van der Waals surface area (Å²) in [6, 6.07) is 8.56. The Kier molecular flexibility index (Phi) is 5.20. The van der Waals surface area contributed by atoms with Gasteiger partial charge in [-0.2, -0.15) is 0 Å². The van der Waals surface area contributed by atoms with E-state index in [0.29, 0.717) is 0 Å². The molecule has 0 saturated carbocycles. The fourth-order valence-corrected chi connectivity index (χ4v) is 4.13. The Morgan fingerprint density at radius 2 is 1.93 bits per heavy atom. The Hall–Kier alpha value is -2.28. The SMILES string of the molecule is C=C(CN1CCN(C)CC1)Nc1cc2cc(-c3cnc(C)s3)ccc2cn1. The third-order valence-corrected chi connectivity index (χ3v) is 5.90. The van der Waals surface area contributed by atoms with E-state index in [1.165, 1.54) is 15.8 Å². The Morgan fingerprint density at radius 1 is 1.11 bits per heavy atom. The highest BCUT2D eigenvalue weighted by Crippen LogP contribution is 2.29. The third kappa shape index (κ3) is 4.35. The summed E-state index contributed by atoms with van der Waals surface area (Å²) < 4.78 is 0. The first-order valence-electron chi connectivity index (χ1n) is 9.25. The van der Waals surface area contributed by atoms with Crippen molar-refractivity contribution in [3.05, 3.63) is 53.9 Å². The highest BCUT2D eigenvalue weighted by atomic mass is 32.1. The molecule has 0 bridgehead atoms. The molecule has 1 aliphatic rings. The lowest BCUT2D eigenvalue weighted by Gasteiger charge is -2.32. The number of anilines is 1. The molecular weight excluding hydrogens is 354 g/mol. The first kappa shape index (κ1) is 18.1. The number of fused-ring (bicyclic) bond motifs is 1. The van der Waals surface area contributed by atoms with Crippen LogP contribution in [0.2, 0.25) is 0 Å². The van der Waals surface area contributed by atoms with Crippen LogP contribution in [0.5, 0.6) is 0 Å². The Balaban J connectivity index is 1.48. The summed E-state index contributed by atoms with van der Waals surface area (Å²) in [5.41, 5.74) is 2.18. The van der Waals surface area contributed by atoms with Gasteiger partial charge in [0.2, 0.25) is 0 Å². The fraction of sp³-hybridized carbons (Fsp3) is 0.333. The quantitative estimate of drug-likeness (QED) is 0.730. The van der Waals surface area contributed by atoms with Crippen LogP contribution in [-0.4, -0.2) is 59.5 Å². The van der Waals surface area contributed by atoms with E-state index in [0.717, 1.165) is 54.6 Å². The largest absolute Gasteiger partial charge is 0.343 e. The van der Waals surface area contributed by atoms with Gasteiger partial charge in [0.25, 0.3) is 0 Å². The van der Waals surface area contributed by atoms with Crippen molar-refractivity contribution in [3.63, 3.8) is 0 Å². The highest BCUT2D eigenvalue weighted by molar-refractivity contribution is 7.15. The number of nitrogens with zero attached hydrogens (tertiary/aromatic N) is 4. The standard InChI is InChI=1S/C21H25N5S/c1-15(14-26-8-6-25(3)7-9-26)24-21-11-19-10-17(4-5-18(19)12-23-21)20-13-22-16(2)27-20/h4-5,10-13H,1,6-9,14H2,2-3H3,(H,23,24). The number of aryl methyl sites for hydroxylation is 1. The van der Waals surface area contributed by atoms with Crippen molar-refractivity contribution in [2.75, 3.05) is 45.1 Å². The lowest BCUT2D eigenvalue weighted by molar-refractivity contribution is 0.164. The van der Waals surface area contributed by atoms with Crippen molar-refractivity contribution in [1.82, 2.24) is 19.8 Å². The molecule has 0 atom stereocenters. The molecule has 2 aromatic heterocycles. The predicted octanol–water partition coefficient (Wildman–Crippen LogP) is 3.84. The van der Waals surface area contributed by atoms with E-state index >= 15 is 0 Å². The van der Waals surface area contributed by atoms with Crippen LogP contribution in [0.1, 0.15) is 5.01 Å². The van der Waals surface area contributed by atoms with Crippen LogP contribution in [0.4, 0.5) is 5.82 Å². The maximum Gasteiger partial charge on any atom is 0.130 e. The zero-order valence-electron chi connectivity index (χ0n) is 15.9. The molecule has 5 nitrogen and oxygen atoms in total. The first-order valence-corrected chi connectivity index (χ1v) is 10.1. The molecule has 140 valence electrons. The van der Waals surface area contributed by atoms with Gasteiger partial charge in [-0.3, -0.25) is 4.90 Å². The molecule has 1 fully saturated rings. The van der Waals surface area contributed by atoms with Crippen LogP contribution < -0.4 is 5.32 Å². The Morgan fingerprint density at radius 3 is 2.67 bits per heavy atom. The molecule has 1 aliphatic heterocycles. The Labute approximate surface area is 164 Å². The van der Waals surface area contributed by atoms with Crippen LogP contribution in [0, 0.1) is 6.92 Å². The lowest BCUT2D eigenvalue weighted by atomic mass is 10.1. The van der Waals surface area contributed by atoms with Crippen molar-refractivity contribution < 1.29 is 0 Å². The van der Waals surface area contributed by atoms with Crippen molar-refractivity contribution in [2.45, 2.75) is 6.92 Å². The molecule has 0 spiro atoms. The number of aromatic nitrogens is 2. The van der Waals surface area contributed by atoms with E-state index in [1.807, 2.05) is 19.3 Å². The molecule has 0 radical (unpaired) electrons. The van der Waals surface area contributed by atoms with Crippen LogP contribution in [0.25, 0.3) is 21.2 Å². The lowest BCUT2D eigenvalue weighted by Crippen LogP contribution is -2.45. The molecule has 6 heteroatoms. The molecule has 27 heavy (non-hydrogen) atoms. The highest BCUT2D eigenvalue weighted by Gasteiger charge is 2.14. The van der Waals surface area contributed by atoms with Gasteiger partial charge in [-0.25, -0.2) is 9.97 Å². The molecule has 1 N–H and O–H groups in total. The molecule has 3 heterocycles. The summed E-state index contributed by atoms with van der Waals surface area (Å²) in [7, 11) is 2.17. The number of hydrogen-bond acceptors (Lipinski definition) is 6. The van der Waals surface area contributed by atoms with Gasteiger partial charge in [0.1, 0.15) is 5.82 Å². The zero-order chi connectivity index (χ0) is 18.8. The molecule has 1 saturated heterocycles. The molecule has 0 amide bonds. The van der Waals surface area contributed by atoms with Crippen molar-refractivity contribution in [1.29, 1.82) is 0 Å². The second-order valence-electron chi connectivity index (χ2n) is 7.18. The normalized spacial score (nSPS) is 15.9. The average Bonchev–Trinajstić information content (AvgIpc) is 3.09. The van der Waals surface area contributed by atoms with E-state index in [-0.39, 0.29) is 0 Å². The molecule has 0 aliphatic carbocycles. The van der Waals surface area contributed by atoms with E-state index < -0.39 is 0 Å². The molecule has 1 aromatic carbocycles. The summed E-state index contributed by atoms with van der Waals surface area (Å²) in [6.07, 6.45) is 3.86. The minimum absolute atomic E-state index is 0.847. The fourth-order valence-electron chi connectivity index (χ4n) is 3.35. The number of thiazole rings is 1. The topological polar surface area (TPSA) is 44.3 Å². The van der Waals surface area contributed by atoms with E-state index in [4.69, 9.17) is 0 Å². The van der Waals surface area contributed by atoms with Crippen LogP contribution in [0.3, 0.4) is 0 Å². The molecule has 0 unspecified atom stereocenters. The van der Waals surface area contributed by atoms with Gasteiger partial charge in [0, 0.05) is 56.2 Å². The minimum atomic E-state index is 0.847. The first-order chi connectivity index (χ1) is 13.1. The second-order valence-corrected chi connectivity index (χ2v) is 8.42. The van der Waals surface area contributed by atoms with Gasteiger partial charge in [0.05, 0.1) is 9.88 Å². The van der Waals surface area contributed by atoms with E-state index in [9.17, 15) is 0 Å². The second kappa shape index (κ2) is 7.76. The van der Waals surface area contributed by atoms with E-state index in [2.05, 4.69) is 63.0 Å². The monoisotopic (exact) mass is 379 g/mol. The minimum Gasteiger partial charge on any atom is -0.343 e. The predicted molar refractivity (Wildman–Crippen MR) is 114 cm³/mol. The summed E-state index contributed by atoms with van der Waals surface area (Å²) in [6.45, 7) is 11.5. The van der Waals surface area contributed by atoms with Crippen LogP contribution in [-0.2, 0) is 0 Å². The number of piperazine rings is 1. The van der Waals surface area contributed by atoms with Crippen molar-refractivity contribution in [2.24, 2.45) is 0 Å². The number of nitrogens with one attached hydrogen (secondary N) is 1. The smallest absolute Gasteiger partial charge is 0.130 e. The van der Waals surface area contributed by atoms with Gasteiger partial charge < -0.3 is 10.2 Å². The maximum absolute atomic E-state index is 4.55. The third-order valence-electron chi connectivity index (χ3n) is 4.94. The maximum atomic E-state index is 4.55. The number of benzene rings is 1. The van der Waals surface area contributed by atoms with Crippen LogP contribution >= 0.6 is 11.3 Å². The number of rotatable bonds is 5. The van der Waals surface area contributed by atoms with Gasteiger partial charge >= 0.3 is 0 Å². The van der Waals surface area contributed by atoms with Gasteiger partial charge in [-0.05, 0) is 37.1 Å². The molecule has 3 aromatic rings. The summed E-state index contributed by atoms with van der Waals surface area (Å²) >= 11 is 1.72. The number of hydrogen-bond donors (Lipinski definition) is 1. The molecule has 4 rings (SSSR count). The van der Waals surface area contributed by atoms with Crippen molar-refractivity contribution in [3.8, 4) is 10.4 Å². The Bertz CT molecular complexity index is 956. The van der Waals surface area contributed by atoms with Crippen LogP contribution in [0.15, 0.2) is 48.9 Å². The average molecular weight is 380 g/mol. The summed E-state index contributed by atoms with van der Waals surface area (Å²) in [4.78, 5) is 14.9. The molecular formula is C21H25N5S. The zero-order valence-corrected chi connectivity index (χ0v) is 16.7. The summed E-state index contributed by atoms with van der Waals surface area (Å²) in [5.74, 6) is 0.847. The van der Waals surface area contributed by atoms with Gasteiger partial charge in [0.15, 0.2) is 0 Å². The number of likely N-dealkylation sites (N-methyl/N-ethyl adjacent to an activating group) is 1. The summed E-state index contributed by atoms with van der Waals surface area (Å²) in [5, 5.41) is 6.78. The number of pyridine rings is 1. The van der Waals surface area contributed by atoms with Crippen molar-refractivity contribution >= 4 is 27.9 Å². The van der Waals surface area contributed by atoms with Gasteiger partial charge in [-0.1, -0.05) is 18.7 Å². The van der Waals surface area contributed by atoms with Gasteiger partial charge in [-0.15, -0.1) is 11.3 Å².